The van der Waals surface area contributed by atoms with Gasteiger partial charge in [-0.25, -0.2) is 5.43 Å². The molecule has 0 rings (SSSR count). The van der Waals surface area contributed by atoms with E-state index in [4.69, 9.17) is 5.73 Å². The normalized spacial score (nSPS) is 12.6. The van der Waals surface area contributed by atoms with Crippen molar-refractivity contribution in [3.05, 3.63) is 0 Å². The lowest BCUT2D eigenvalue weighted by Gasteiger charge is -2.09. The zero-order valence-corrected chi connectivity index (χ0v) is 7.18. The van der Waals surface area contributed by atoms with Crippen LogP contribution >= 0.6 is 0 Å². The molecule has 0 fully saturated rings. The largest absolute Gasteiger partial charge is 0.320 e. The summed E-state index contributed by atoms with van der Waals surface area (Å²) in [5.74, 6) is -0.138. The molecule has 1 unspecified atom stereocenters. The molecule has 0 aliphatic carbocycles. The zero-order valence-electron chi connectivity index (χ0n) is 7.18. The van der Waals surface area contributed by atoms with Crippen LogP contribution in [0.25, 0.3) is 0 Å². The average Bonchev–Trinajstić information content (AvgIpc) is 2.00. The molecule has 4 heteroatoms. The average molecular weight is 159 g/mol. The van der Waals surface area contributed by atoms with Crippen LogP contribution in [0.4, 0.5) is 0 Å². The van der Waals surface area contributed by atoms with Crippen LogP contribution in [0.15, 0.2) is 0 Å². The molecule has 11 heavy (non-hydrogen) atoms. The van der Waals surface area contributed by atoms with Crippen molar-refractivity contribution >= 4 is 5.91 Å². The number of hydrogen-bond acceptors (Lipinski definition) is 3. The summed E-state index contributed by atoms with van der Waals surface area (Å²) in [6.07, 6.45) is 2.82. The van der Waals surface area contributed by atoms with Crippen molar-refractivity contribution in [3.8, 4) is 0 Å². The predicted octanol–water partition coefficient (Wildman–Crippen LogP) is -0.245. The first-order valence-corrected chi connectivity index (χ1v) is 3.94. The van der Waals surface area contributed by atoms with Crippen molar-refractivity contribution < 1.29 is 4.79 Å². The molecule has 0 bridgehead atoms. The molecule has 0 saturated carbocycles. The van der Waals surface area contributed by atoms with E-state index in [0.717, 1.165) is 19.3 Å². The standard InChI is InChI=1S/C7H17N3O/c1-3-4-5-6(8)7(11)10-9-2/h6,9H,3-5,8H2,1-2H3,(H,10,11). The maximum atomic E-state index is 11.0. The van der Waals surface area contributed by atoms with Crippen LogP contribution in [0.3, 0.4) is 0 Å². The molecule has 1 amide bonds. The molecular formula is C7H17N3O. The van der Waals surface area contributed by atoms with Gasteiger partial charge in [0.15, 0.2) is 0 Å². The maximum absolute atomic E-state index is 11.0. The van der Waals surface area contributed by atoms with Gasteiger partial charge in [-0.1, -0.05) is 19.8 Å². The predicted molar refractivity (Wildman–Crippen MR) is 44.7 cm³/mol. The van der Waals surface area contributed by atoms with E-state index in [2.05, 4.69) is 17.8 Å². The molecule has 0 aliphatic heterocycles. The third-order valence-electron chi connectivity index (χ3n) is 1.45. The van der Waals surface area contributed by atoms with Gasteiger partial charge in [-0.15, -0.1) is 0 Å². The Kier molecular flexibility index (Phi) is 5.78. The quantitative estimate of drug-likeness (QED) is 0.485. The lowest BCUT2D eigenvalue weighted by molar-refractivity contribution is -0.123. The SMILES string of the molecule is CCCCC(N)C(=O)NNC. The van der Waals surface area contributed by atoms with Gasteiger partial charge in [0.25, 0.3) is 5.91 Å². The molecule has 0 spiro atoms. The van der Waals surface area contributed by atoms with Crippen LogP contribution in [-0.2, 0) is 4.79 Å². The van der Waals surface area contributed by atoms with E-state index in [1.807, 2.05) is 0 Å². The summed E-state index contributed by atoms with van der Waals surface area (Å²) in [7, 11) is 1.64. The minimum Gasteiger partial charge on any atom is -0.320 e. The number of nitrogens with one attached hydrogen (secondary N) is 2. The van der Waals surface area contributed by atoms with Crippen LogP contribution in [0, 0.1) is 0 Å². The van der Waals surface area contributed by atoms with Crippen LogP contribution < -0.4 is 16.6 Å². The molecular weight excluding hydrogens is 142 g/mol. The summed E-state index contributed by atoms with van der Waals surface area (Å²) in [5, 5.41) is 0. The number of nitrogens with two attached hydrogens (primary N) is 1. The van der Waals surface area contributed by atoms with E-state index >= 15 is 0 Å². The van der Waals surface area contributed by atoms with Gasteiger partial charge in [0.2, 0.25) is 0 Å². The van der Waals surface area contributed by atoms with E-state index in [9.17, 15) is 4.79 Å². The number of carbonyl (C=O) groups is 1. The van der Waals surface area contributed by atoms with Gasteiger partial charge in [-0.2, -0.15) is 0 Å². The van der Waals surface area contributed by atoms with Crippen LogP contribution in [-0.4, -0.2) is 19.0 Å². The van der Waals surface area contributed by atoms with Crippen molar-refractivity contribution in [1.29, 1.82) is 0 Å². The number of hydrogen-bond donors (Lipinski definition) is 3. The molecule has 0 radical (unpaired) electrons. The summed E-state index contributed by atoms with van der Waals surface area (Å²) in [6.45, 7) is 2.07. The molecule has 0 aromatic carbocycles. The summed E-state index contributed by atoms with van der Waals surface area (Å²) >= 11 is 0. The first-order chi connectivity index (χ1) is 5.22. The lowest BCUT2D eigenvalue weighted by atomic mass is 10.1. The molecule has 0 heterocycles. The second-order valence-corrected chi connectivity index (χ2v) is 2.49. The van der Waals surface area contributed by atoms with Crippen molar-refractivity contribution in [1.82, 2.24) is 10.9 Å². The van der Waals surface area contributed by atoms with Gasteiger partial charge in [0.1, 0.15) is 0 Å². The van der Waals surface area contributed by atoms with Gasteiger partial charge in [-0.3, -0.25) is 10.2 Å². The Balaban J connectivity index is 3.46. The minimum absolute atomic E-state index is 0.138. The number of amides is 1. The Hall–Kier alpha value is -0.610. The first kappa shape index (κ1) is 10.4. The van der Waals surface area contributed by atoms with Crippen LogP contribution in [0.2, 0.25) is 0 Å². The minimum atomic E-state index is -0.373. The van der Waals surface area contributed by atoms with Crippen molar-refractivity contribution in [2.45, 2.75) is 32.2 Å². The Labute approximate surface area is 67.5 Å². The van der Waals surface area contributed by atoms with E-state index in [0.29, 0.717) is 0 Å². The Bertz CT molecular complexity index is 116. The Morgan fingerprint density at radius 2 is 2.27 bits per heavy atom. The van der Waals surface area contributed by atoms with E-state index < -0.39 is 0 Å². The van der Waals surface area contributed by atoms with E-state index in [1.165, 1.54) is 0 Å². The Morgan fingerprint density at radius 1 is 1.64 bits per heavy atom. The van der Waals surface area contributed by atoms with Crippen molar-refractivity contribution in [3.63, 3.8) is 0 Å². The number of carbonyl (C=O) groups excluding carboxylic acids is 1. The van der Waals surface area contributed by atoms with Gasteiger partial charge in [-0.05, 0) is 6.42 Å². The summed E-state index contributed by atoms with van der Waals surface area (Å²) in [5.41, 5.74) is 10.5. The van der Waals surface area contributed by atoms with Crippen molar-refractivity contribution in [2.75, 3.05) is 7.05 Å². The second kappa shape index (κ2) is 6.12. The molecule has 0 aromatic heterocycles. The van der Waals surface area contributed by atoms with Gasteiger partial charge >= 0.3 is 0 Å². The maximum Gasteiger partial charge on any atom is 0.250 e. The van der Waals surface area contributed by atoms with E-state index in [-0.39, 0.29) is 11.9 Å². The summed E-state index contributed by atoms with van der Waals surface area (Å²) in [6, 6.07) is -0.373. The van der Waals surface area contributed by atoms with Crippen molar-refractivity contribution in [2.24, 2.45) is 5.73 Å². The molecule has 0 saturated heterocycles. The highest BCUT2D eigenvalue weighted by molar-refractivity contribution is 5.80. The monoisotopic (exact) mass is 159 g/mol. The summed E-state index contributed by atoms with van der Waals surface area (Å²) in [4.78, 5) is 11.0. The highest BCUT2D eigenvalue weighted by Gasteiger charge is 2.10. The van der Waals surface area contributed by atoms with Gasteiger partial charge in [0.05, 0.1) is 6.04 Å². The molecule has 0 aromatic rings. The zero-order chi connectivity index (χ0) is 8.69. The fourth-order valence-corrected chi connectivity index (χ4v) is 0.771. The lowest BCUT2D eigenvalue weighted by Crippen LogP contribution is -2.45. The highest BCUT2D eigenvalue weighted by Crippen LogP contribution is 1.97. The fourth-order valence-electron chi connectivity index (χ4n) is 0.771. The molecule has 4 nitrogen and oxygen atoms in total. The van der Waals surface area contributed by atoms with E-state index in [1.54, 1.807) is 7.05 Å². The first-order valence-electron chi connectivity index (χ1n) is 3.94. The fraction of sp³-hybridized carbons (Fsp3) is 0.857. The Morgan fingerprint density at radius 3 is 2.73 bits per heavy atom. The molecule has 1 atom stereocenters. The highest BCUT2D eigenvalue weighted by atomic mass is 16.2. The molecule has 4 N–H and O–H groups in total. The van der Waals surface area contributed by atoms with Crippen LogP contribution in [0.5, 0.6) is 0 Å². The van der Waals surface area contributed by atoms with Crippen LogP contribution in [0.1, 0.15) is 26.2 Å². The number of unbranched alkanes of at least 4 members (excludes halogenated alkanes) is 1. The number of rotatable bonds is 5. The third kappa shape index (κ3) is 4.75. The number of hydrazine groups is 1. The van der Waals surface area contributed by atoms with Gasteiger partial charge in [0, 0.05) is 7.05 Å². The van der Waals surface area contributed by atoms with Gasteiger partial charge < -0.3 is 5.73 Å². The molecule has 66 valence electrons. The topological polar surface area (TPSA) is 67.2 Å². The third-order valence-corrected chi connectivity index (χ3v) is 1.45. The smallest absolute Gasteiger partial charge is 0.250 e. The summed E-state index contributed by atoms with van der Waals surface area (Å²) < 4.78 is 0. The second-order valence-electron chi connectivity index (χ2n) is 2.49. The molecule has 0 aliphatic rings.